The fourth-order valence-electron chi connectivity index (χ4n) is 9.11. The zero-order valence-electron chi connectivity index (χ0n) is 23.3. The second kappa shape index (κ2) is 8.63. The molecule has 37 heavy (non-hydrogen) atoms. The Balaban J connectivity index is 1.43. The summed E-state index contributed by atoms with van der Waals surface area (Å²) in [6.45, 7) is 10.7. The summed E-state index contributed by atoms with van der Waals surface area (Å²) >= 11 is 0. The van der Waals surface area contributed by atoms with Crippen molar-refractivity contribution in [3.05, 3.63) is 46.5 Å². The van der Waals surface area contributed by atoms with Gasteiger partial charge in [-0.25, -0.2) is 0 Å². The van der Waals surface area contributed by atoms with Crippen LogP contribution in [0.15, 0.2) is 35.4 Å². The first kappa shape index (κ1) is 26.0. The highest BCUT2D eigenvalue weighted by Gasteiger charge is 2.64. The molecule has 4 aliphatic carbocycles. The van der Waals surface area contributed by atoms with Gasteiger partial charge in [-0.1, -0.05) is 57.5 Å². The number of nitrogens with two attached hydrogens (primary N) is 1. The van der Waals surface area contributed by atoms with E-state index in [1.807, 2.05) is 0 Å². The number of rotatable bonds is 3. The lowest BCUT2D eigenvalue weighted by atomic mass is 9.49. The monoisotopic (exact) mass is 509 g/mol. The number of fused-ring (bicyclic) bond motifs is 4. The van der Waals surface area contributed by atoms with Crippen molar-refractivity contribution in [3.63, 3.8) is 0 Å². The topological polar surface area (TPSA) is 84.9 Å². The molecule has 1 aromatic rings. The van der Waals surface area contributed by atoms with Gasteiger partial charge in [0, 0.05) is 36.1 Å². The highest BCUT2D eigenvalue weighted by molar-refractivity contribution is 5.44. The smallest absolute Gasteiger partial charge is 0.171 e. The van der Waals surface area contributed by atoms with Crippen LogP contribution >= 0.6 is 0 Å². The highest BCUT2D eigenvalue weighted by atomic mass is 16.7. The number of allylic oxidation sites excluding steroid dienone is 1. The van der Waals surface area contributed by atoms with E-state index in [9.17, 15) is 10.2 Å². The van der Waals surface area contributed by atoms with Crippen molar-refractivity contribution in [1.29, 1.82) is 0 Å². The molecular formula is C32H47NO4. The lowest BCUT2D eigenvalue weighted by molar-refractivity contribution is -0.322. The Morgan fingerprint density at radius 3 is 2.32 bits per heavy atom. The van der Waals surface area contributed by atoms with Crippen LogP contribution in [-0.2, 0) is 16.0 Å². The van der Waals surface area contributed by atoms with Crippen molar-refractivity contribution in [1.82, 2.24) is 0 Å². The number of hydrogen-bond donors (Lipinski definition) is 3. The quantitative estimate of drug-likeness (QED) is 0.463. The summed E-state index contributed by atoms with van der Waals surface area (Å²) in [6, 6.07) is 8.80. The molecule has 5 nitrogen and oxygen atoms in total. The van der Waals surface area contributed by atoms with Gasteiger partial charge >= 0.3 is 0 Å². The average molecular weight is 510 g/mol. The first-order chi connectivity index (χ1) is 17.5. The van der Waals surface area contributed by atoms with Crippen molar-refractivity contribution < 1.29 is 19.7 Å². The van der Waals surface area contributed by atoms with Gasteiger partial charge in [-0.2, -0.15) is 0 Å². The van der Waals surface area contributed by atoms with Crippen LogP contribution in [0.4, 0.5) is 0 Å². The maximum absolute atomic E-state index is 12.3. The van der Waals surface area contributed by atoms with Crippen molar-refractivity contribution in [2.75, 3.05) is 13.2 Å². The number of aliphatic hydroxyl groups is 2. The fraction of sp³-hybridized carbons (Fsp3) is 0.750. The largest absolute Gasteiger partial charge is 0.389 e. The summed E-state index contributed by atoms with van der Waals surface area (Å²) in [5.41, 5.74) is 9.47. The van der Waals surface area contributed by atoms with Gasteiger partial charge in [-0.3, -0.25) is 0 Å². The Kier molecular flexibility index (Phi) is 6.06. The molecule has 0 bridgehead atoms. The Bertz CT molecular complexity index is 1070. The lowest BCUT2D eigenvalue weighted by Gasteiger charge is -2.58. The molecule has 0 amide bonds. The molecule has 4 fully saturated rings. The summed E-state index contributed by atoms with van der Waals surface area (Å²) in [5, 5.41) is 24.2. The van der Waals surface area contributed by atoms with Gasteiger partial charge in [0.2, 0.25) is 0 Å². The number of hydrogen-bond acceptors (Lipinski definition) is 5. The molecule has 4 N–H and O–H groups in total. The maximum atomic E-state index is 12.3. The van der Waals surface area contributed by atoms with E-state index in [0.717, 1.165) is 56.9 Å². The van der Waals surface area contributed by atoms with Gasteiger partial charge in [-0.05, 0) is 73.5 Å². The van der Waals surface area contributed by atoms with Gasteiger partial charge in [0.25, 0.3) is 0 Å². The first-order valence-electron chi connectivity index (χ1n) is 14.7. The molecule has 1 spiro atoms. The third-order valence-electron chi connectivity index (χ3n) is 11.4. The van der Waals surface area contributed by atoms with E-state index < -0.39 is 17.0 Å². The minimum absolute atomic E-state index is 0.0113. The summed E-state index contributed by atoms with van der Waals surface area (Å²) in [4.78, 5) is 0. The molecule has 0 radical (unpaired) electrons. The molecule has 4 unspecified atom stereocenters. The molecule has 5 aliphatic rings. The lowest BCUT2D eigenvalue weighted by Crippen LogP contribution is -2.58. The van der Waals surface area contributed by atoms with Gasteiger partial charge in [0.15, 0.2) is 5.79 Å². The van der Waals surface area contributed by atoms with Crippen LogP contribution in [0.2, 0.25) is 0 Å². The Hall–Kier alpha value is -1.24. The average Bonchev–Trinajstić information content (AvgIpc) is 3.16. The molecule has 0 aromatic heterocycles. The van der Waals surface area contributed by atoms with E-state index in [1.165, 1.54) is 16.7 Å². The summed E-state index contributed by atoms with van der Waals surface area (Å²) < 4.78 is 12.8. The minimum Gasteiger partial charge on any atom is -0.389 e. The van der Waals surface area contributed by atoms with Crippen molar-refractivity contribution in [2.45, 2.75) is 115 Å². The second-order valence-corrected chi connectivity index (χ2v) is 14.1. The SMILES string of the molecule is CCC1(O)CCC2C3CCC4(O)CC5(CCC4=C3[C@@H](c3ccc(CN)cc3)C[C@@]21C)OCC(C)(C)CO5. The first-order valence-corrected chi connectivity index (χ1v) is 14.7. The third-order valence-corrected chi connectivity index (χ3v) is 11.4. The zero-order chi connectivity index (χ0) is 26.3. The van der Waals surface area contributed by atoms with Crippen LogP contribution in [-0.4, -0.2) is 40.4 Å². The van der Waals surface area contributed by atoms with Gasteiger partial charge in [0.05, 0.1) is 24.4 Å². The van der Waals surface area contributed by atoms with Crippen LogP contribution in [0.1, 0.15) is 103 Å². The van der Waals surface area contributed by atoms with Crippen LogP contribution in [0.5, 0.6) is 0 Å². The summed E-state index contributed by atoms with van der Waals surface area (Å²) in [6.07, 6.45) is 7.56. The normalized spacial score (nSPS) is 42.3. The highest BCUT2D eigenvalue weighted by Crippen LogP contribution is 2.68. The molecule has 3 saturated carbocycles. The van der Waals surface area contributed by atoms with Gasteiger partial charge in [-0.15, -0.1) is 0 Å². The van der Waals surface area contributed by atoms with E-state index in [0.29, 0.717) is 38.0 Å². The van der Waals surface area contributed by atoms with Crippen LogP contribution in [0, 0.1) is 22.7 Å². The van der Waals surface area contributed by atoms with E-state index in [-0.39, 0.29) is 16.7 Å². The molecule has 1 saturated heterocycles. The Morgan fingerprint density at radius 2 is 1.68 bits per heavy atom. The van der Waals surface area contributed by atoms with Gasteiger partial charge < -0.3 is 25.4 Å². The van der Waals surface area contributed by atoms with E-state index in [1.54, 1.807) is 0 Å². The maximum Gasteiger partial charge on any atom is 0.171 e. The number of ether oxygens (including phenoxy) is 2. The van der Waals surface area contributed by atoms with Crippen molar-refractivity contribution >= 4 is 0 Å². The standard InChI is InChI=1S/C32H47NO4/c1-5-31(35)14-11-25-23-10-13-30(34)18-32(36-19-28(2,3)20-37-32)15-12-26(30)27(23)24(16-29(25,31)4)22-8-6-21(17-33)7-9-22/h6-9,23-25,34-35H,5,10-20,33H2,1-4H3/t23?,24-,25?,29+,30?,31?/m1/s1. The summed E-state index contributed by atoms with van der Waals surface area (Å²) in [7, 11) is 0. The summed E-state index contributed by atoms with van der Waals surface area (Å²) in [5.74, 6) is 0.411. The van der Waals surface area contributed by atoms with Crippen molar-refractivity contribution in [3.8, 4) is 0 Å². The number of benzene rings is 1. The van der Waals surface area contributed by atoms with E-state index in [4.69, 9.17) is 15.2 Å². The molecule has 6 atom stereocenters. The third kappa shape index (κ3) is 3.90. The van der Waals surface area contributed by atoms with E-state index >= 15 is 0 Å². The van der Waals surface area contributed by atoms with Crippen LogP contribution in [0.3, 0.4) is 0 Å². The Morgan fingerprint density at radius 1 is 0.973 bits per heavy atom. The van der Waals surface area contributed by atoms with Crippen LogP contribution in [0.25, 0.3) is 0 Å². The molecule has 5 heteroatoms. The predicted molar refractivity (Wildman–Crippen MR) is 145 cm³/mol. The fourth-order valence-corrected chi connectivity index (χ4v) is 9.11. The molecule has 204 valence electrons. The van der Waals surface area contributed by atoms with Crippen molar-refractivity contribution in [2.24, 2.45) is 28.4 Å². The Labute approximate surface area is 222 Å². The zero-order valence-corrected chi connectivity index (χ0v) is 23.3. The minimum atomic E-state index is -0.881. The molecule has 1 aliphatic heterocycles. The van der Waals surface area contributed by atoms with Crippen LogP contribution < -0.4 is 5.73 Å². The second-order valence-electron chi connectivity index (χ2n) is 14.1. The van der Waals surface area contributed by atoms with E-state index in [2.05, 4.69) is 52.0 Å². The molecule has 6 rings (SSSR count). The predicted octanol–water partition coefficient (Wildman–Crippen LogP) is 5.58. The molecule has 1 aromatic carbocycles. The molecule has 1 heterocycles. The van der Waals surface area contributed by atoms with Gasteiger partial charge in [0.1, 0.15) is 0 Å². The molecular weight excluding hydrogens is 462 g/mol.